The van der Waals surface area contributed by atoms with E-state index < -0.39 is 17.7 Å². The number of aromatic nitrogens is 4. The highest BCUT2D eigenvalue weighted by atomic mass is 32.9. The van der Waals surface area contributed by atoms with Crippen LogP contribution in [0.2, 0.25) is 0 Å². The molecule has 5 heterocycles. The maximum absolute atomic E-state index is 6.37. The zero-order valence-corrected chi connectivity index (χ0v) is 19.9. The third-order valence-corrected chi connectivity index (χ3v) is 11.3. The van der Waals surface area contributed by atoms with Crippen LogP contribution >= 0.6 is 17.1 Å². The molecule has 2 aromatic heterocycles. The van der Waals surface area contributed by atoms with Crippen LogP contribution in [0.5, 0.6) is 0 Å². The van der Waals surface area contributed by atoms with Crippen molar-refractivity contribution in [2.24, 2.45) is 0 Å². The number of aryl methyl sites for hydroxylation is 1. The molecule has 0 aliphatic carbocycles. The molecule has 12 heteroatoms. The van der Waals surface area contributed by atoms with Crippen molar-refractivity contribution in [2.45, 2.75) is 76.3 Å². The molecule has 0 N–H and O–H groups in total. The zero-order chi connectivity index (χ0) is 21.3. The molecule has 0 aromatic carbocycles. The topological polar surface area (TPSA) is 89.8 Å². The molecule has 3 fully saturated rings. The van der Waals surface area contributed by atoms with E-state index in [-0.39, 0.29) is 31.0 Å². The smallest absolute Gasteiger partial charge is 0.248 e. The standard InChI is InChI=1S/C18H25N4O5PS2/c1-9-13-16(20-7-19-9)22(8-21-13)17-15-14(25-18(4,5)26-15)12(24-17)6-23-28(29)27-10(2)11(3)30-28/h7-8,10-12,14-15,17H,6H2,1-5H3/t10-,11+,12-,14-,15-,17-,28?/m1/s1. The van der Waals surface area contributed by atoms with Gasteiger partial charge in [0, 0.05) is 5.25 Å². The van der Waals surface area contributed by atoms with E-state index in [1.165, 1.54) is 6.33 Å². The van der Waals surface area contributed by atoms with Crippen molar-refractivity contribution in [3.8, 4) is 0 Å². The van der Waals surface area contributed by atoms with Crippen molar-refractivity contribution < 1.29 is 23.3 Å². The highest BCUT2D eigenvalue weighted by Crippen LogP contribution is 2.69. The summed E-state index contributed by atoms with van der Waals surface area (Å²) in [5.74, 6) is -0.723. The van der Waals surface area contributed by atoms with Gasteiger partial charge < -0.3 is 23.3 Å². The lowest BCUT2D eigenvalue weighted by atomic mass is 10.1. The molecule has 0 saturated carbocycles. The lowest BCUT2D eigenvalue weighted by Gasteiger charge is -2.25. The van der Waals surface area contributed by atoms with Crippen molar-refractivity contribution in [1.82, 2.24) is 19.5 Å². The first-order chi connectivity index (χ1) is 14.2. The molecular formula is C18H25N4O5PS2. The monoisotopic (exact) mass is 472 g/mol. The Hall–Kier alpha value is -0.650. The molecule has 0 spiro atoms. The van der Waals surface area contributed by atoms with Crippen LogP contribution in [0.25, 0.3) is 11.2 Å². The highest BCUT2D eigenvalue weighted by molar-refractivity contribution is 8.68. The van der Waals surface area contributed by atoms with Crippen molar-refractivity contribution in [3.05, 3.63) is 18.3 Å². The second-order valence-corrected chi connectivity index (χ2v) is 14.8. The minimum atomic E-state index is -2.39. The van der Waals surface area contributed by atoms with Gasteiger partial charge in [-0.25, -0.2) is 15.0 Å². The minimum absolute atomic E-state index is 0.0797. The first kappa shape index (κ1) is 21.2. The van der Waals surface area contributed by atoms with Crippen LogP contribution in [0.4, 0.5) is 0 Å². The molecule has 0 amide bonds. The molecular weight excluding hydrogens is 447 g/mol. The van der Waals surface area contributed by atoms with E-state index in [0.717, 1.165) is 11.2 Å². The number of imidazole rings is 1. The summed E-state index contributed by atoms with van der Waals surface area (Å²) in [7, 11) is 0. The molecule has 0 radical (unpaired) electrons. The third-order valence-electron chi connectivity index (χ3n) is 5.59. The molecule has 7 atom stereocenters. The Bertz CT molecular complexity index is 1010. The summed E-state index contributed by atoms with van der Waals surface area (Å²) in [6.45, 7) is 10.1. The summed E-state index contributed by atoms with van der Waals surface area (Å²) in [5.41, 5.74) is -0.141. The Balaban J connectivity index is 1.40. The summed E-state index contributed by atoms with van der Waals surface area (Å²) >= 11 is 7.29. The Morgan fingerprint density at radius 3 is 2.73 bits per heavy atom. The van der Waals surface area contributed by atoms with Crippen LogP contribution in [0, 0.1) is 6.92 Å². The first-order valence-corrected chi connectivity index (χ1v) is 14.0. The van der Waals surface area contributed by atoms with E-state index in [4.69, 9.17) is 35.1 Å². The minimum Gasteiger partial charge on any atom is -0.347 e. The lowest BCUT2D eigenvalue weighted by Crippen LogP contribution is -2.32. The van der Waals surface area contributed by atoms with Crippen molar-refractivity contribution in [1.29, 1.82) is 0 Å². The molecule has 9 nitrogen and oxygen atoms in total. The third kappa shape index (κ3) is 3.63. The molecule has 3 saturated heterocycles. The Morgan fingerprint density at radius 1 is 1.23 bits per heavy atom. The maximum Gasteiger partial charge on any atom is 0.248 e. The van der Waals surface area contributed by atoms with Gasteiger partial charge in [-0.1, -0.05) is 18.3 Å². The van der Waals surface area contributed by atoms with Gasteiger partial charge in [0.2, 0.25) is 5.69 Å². The van der Waals surface area contributed by atoms with Gasteiger partial charge in [-0.2, -0.15) is 0 Å². The van der Waals surface area contributed by atoms with Crippen LogP contribution in [0.3, 0.4) is 0 Å². The molecule has 164 valence electrons. The number of hydrogen-bond acceptors (Lipinski definition) is 10. The molecule has 3 aliphatic rings. The van der Waals surface area contributed by atoms with Crippen molar-refractivity contribution in [3.63, 3.8) is 0 Å². The Labute approximate surface area is 184 Å². The summed E-state index contributed by atoms with van der Waals surface area (Å²) < 4.78 is 32.7. The number of nitrogens with zero attached hydrogens (tertiary/aromatic N) is 4. The number of fused-ring (bicyclic) bond motifs is 2. The van der Waals surface area contributed by atoms with Gasteiger partial charge in [0.25, 0.3) is 0 Å². The largest absolute Gasteiger partial charge is 0.347 e. The number of hydrogen-bond donors (Lipinski definition) is 0. The lowest BCUT2D eigenvalue weighted by molar-refractivity contribution is -0.198. The normalized spacial score (nSPS) is 40.3. The van der Waals surface area contributed by atoms with Gasteiger partial charge in [0.05, 0.1) is 24.7 Å². The predicted octanol–water partition coefficient (Wildman–Crippen LogP) is 3.33. The van der Waals surface area contributed by atoms with E-state index >= 15 is 0 Å². The summed E-state index contributed by atoms with van der Waals surface area (Å²) in [5, 5.41) is 0.311. The molecule has 2 aromatic rings. The second-order valence-electron chi connectivity index (χ2n) is 8.28. The van der Waals surface area contributed by atoms with Crippen molar-refractivity contribution in [2.75, 3.05) is 6.61 Å². The van der Waals surface area contributed by atoms with Gasteiger partial charge in [-0.05, 0) is 39.5 Å². The Kier molecular flexibility index (Phi) is 5.27. The molecule has 1 unspecified atom stereocenters. The molecule has 30 heavy (non-hydrogen) atoms. The van der Waals surface area contributed by atoms with Crippen LogP contribution in [0.1, 0.15) is 39.6 Å². The van der Waals surface area contributed by atoms with Crippen LogP contribution in [-0.2, 0) is 35.1 Å². The second kappa shape index (κ2) is 7.45. The van der Waals surface area contributed by atoms with Crippen LogP contribution < -0.4 is 0 Å². The average molecular weight is 473 g/mol. The van der Waals surface area contributed by atoms with Gasteiger partial charge in [-0.3, -0.25) is 4.57 Å². The van der Waals surface area contributed by atoms with Crippen molar-refractivity contribution >= 4 is 40.0 Å². The zero-order valence-electron chi connectivity index (χ0n) is 17.4. The van der Waals surface area contributed by atoms with E-state index in [2.05, 4.69) is 21.9 Å². The highest BCUT2D eigenvalue weighted by Gasteiger charge is 2.56. The van der Waals surface area contributed by atoms with E-state index in [1.807, 2.05) is 32.3 Å². The summed E-state index contributed by atoms with van der Waals surface area (Å²) in [6.07, 6.45) is 1.91. The molecule has 5 rings (SSSR count). The summed E-state index contributed by atoms with van der Waals surface area (Å²) in [6, 6.07) is 0. The summed E-state index contributed by atoms with van der Waals surface area (Å²) in [4.78, 5) is 13.1. The number of ether oxygens (including phenoxy) is 3. The average Bonchev–Trinajstić information content (AvgIpc) is 3.36. The fourth-order valence-corrected chi connectivity index (χ4v) is 10.3. The van der Waals surface area contributed by atoms with Gasteiger partial charge >= 0.3 is 0 Å². The predicted molar refractivity (Wildman–Crippen MR) is 116 cm³/mol. The maximum atomic E-state index is 6.37. The fraction of sp³-hybridized carbons (Fsp3) is 0.722. The van der Waals surface area contributed by atoms with E-state index in [9.17, 15) is 0 Å². The quantitative estimate of drug-likeness (QED) is 0.617. The van der Waals surface area contributed by atoms with Gasteiger partial charge in [0.1, 0.15) is 30.2 Å². The van der Waals surface area contributed by atoms with Gasteiger partial charge in [-0.15, -0.1) is 0 Å². The van der Waals surface area contributed by atoms with E-state index in [1.54, 1.807) is 17.7 Å². The molecule has 3 aliphatic heterocycles. The first-order valence-electron chi connectivity index (χ1n) is 9.92. The Morgan fingerprint density at radius 2 is 2.00 bits per heavy atom. The van der Waals surface area contributed by atoms with Crippen LogP contribution in [-0.4, -0.2) is 61.6 Å². The van der Waals surface area contributed by atoms with Gasteiger partial charge in [0.15, 0.2) is 17.7 Å². The number of rotatable bonds is 4. The fourth-order valence-electron chi connectivity index (χ4n) is 4.00. The molecule has 0 bridgehead atoms. The van der Waals surface area contributed by atoms with E-state index in [0.29, 0.717) is 10.9 Å². The SMILES string of the molecule is Cc1ncnc2c1ncn2[C@@H]1O[C@H](COP2(=S)O[C@H](C)[C@H](C)S2)[C@H]2OC(C)(C)O[C@H]21. The van der Waals surface area contributed by atoms with Crippen LogP contribution in [0.15, 0.2) is 12.7 Å².